The molecule has 0 aliphatic rings. The molecule has 0 aliphatic heterocycles. The summed E-state index contributed by atoms with van der Waals surface area (Å²) in [6, 6.07) is 8.63. The highest BCUT2D eigenvalue weighted by Gasteiger charge is 2.17. The average Bonchev–Trinajstić information content (AvgIpc) is 2.34. The molecule has 3 nitrogen and oxygen atoms in total. The zero-order valence-corrected chi connectivity index (χ0v) is 11.0. The van der Waals surface area contributed by atoms with Gasteiger partial charge in [0.2, 0.25) is 0 Å². The Morgan fingerprint density at radius 2 is 2.22 bits per heavy atom. The number of nitrogens with zero attached hydrogens (tertiary/aromatic N) is 2. The lowest BCUT2D eigenvalue weighted by molar-refractivity contribution is 0.519. The van der Waals surface area contributed by atoms with E-state index >= 15 is 0 Å². The summed E-state index contributed by atoms with van der Waals surface area (Å²) in [5.74, 6) is -0.230. The van der Waals surface area contributed by atoms with Crippen LogP contribution in [0.15, 0.2) is 24.3 Å². The van der Waals surface area contributed by atoms with Crippen molar-refractivity contribution in [1.29, 1.82) is 5.26 Å². The van der Waals surface area contributed by atoms with Crippen LogP contribution in [0.3, 0.4) is 0 Å². The summed E-state index contributed by atoms with van der Waals surface area (Å²) in [4.78, 5) is 2.08. The minimum Gasteiger partial charge on any atom is -0.372 e. The van der Waals surface area contributed by atoms with E-state index in [9.17, 15) is 4.39 Å². The molecule has 0 amide bonds. The van der Waals surface area contributed by atoms with Crippen LogP contribution in [0, 0.1) is 17.1 Å². The normalized spacial score (nSPS) is 13.7. The molecule has 1 rings (SSSR count). The summed E-state index contributed by atoms with van der Waals surface area (Å²) < 4.78 is 13.1. The monoisotopic (exact) mass is 249 g/mol. The van der Waals surface area contributed by atoms with Crippen molar-refractivity contribution in [2.45, 2.75) is 32.2 Å². The van der Waals surface area contributed by atoms with Gasteiger partial charge in [-0.2, -0.15) is 5.26 Å². The van der Waals surface area contributed by atoms with Crippen molar-refractivity contribution >= 4 is 5.69 Å². The second kappa shape index (κ2) is 6.36. The highest BCUT2D eigenvalue weighted by atomic mass is 19.1. The molecule has 0 aliphatic carbocycles. The van der Waals surface area contributed by atoms with E-state index in [2.05, 4.69) is 11.0 Å². The molecule has 0 bridgehead atoms. The molecule has 0 heterocycles. The molecule has 1 aromatic rings. The largest absolute Gasteiger partial charge is 0.372 e. The first-order valence-electron chi connectivity index (χ1n) is 6.19. The molecule has 0 saturated carbocycles. The third-order valence-electron chi connectivity index (χ3n) is 2.93. The molecular weight excluding hydrogens is 229 g/mol. The minimum absolute atomic E-state index is 0.230. The van der Waals surface area contributed by atoms with E-state index in [1.54, 1.807) is 13.0 Å². The Morgan fingerprint density at radius 3 is 2.78 bits per heavy atom. The summed E-state index contributed by atoms with van der Waals surface area (Å²) in [6.07, 6.45) is 1.44. The van der Waals surface area contributed by atoms with Crippen LogP contribution >= 0.6 is 0 Å². The van der Waals surface area contributed by atoms with E-state index in [1.807, 2.05) is 13.0 Å². The number of benzene rings is 1. The molecule has 1 atom stereocenters. The third-order valence-corrected chi connectivity index (χ3v) is 2.93. The lowest BCUT2D eigenvalue weighted by Gasteiger charge is -2.24. The van der Waals surface area contributed by atoms with Crippen LogP contribution in [0.25, 0.3) is 0 Å². The lowest BCUT2D eigenvalue weighted by atomic mass is 9.99. The summed E-state index contributed by atoms with van der Waals surface area (Å²) in [7, 11) is 0. The second-order valence-corrected chi connectivity index (χ2v) is 4.69. The van der Waals surface area contributed by atoms with Crippen molar-refractivity contribution in [3.8, 4) is 6.07 Å². The van der Waals surface area contributed by atoms with Crippen LogP contribution in [0.4, 0.5) is 10.1 Å². The van der Waals surface area contributed by atoms with E-state index in [1.165, 1.54) is 12.1 Å². The van der Waals surface area contributed by atoms with Crippen LogP contribution in [0.1, 0.15) is 26.7 Å². The molecule has 98 valence electrons. The van der Waals surface area contributed by atoms with Crippen molar-refractivity contribution in [1.82, 2.24) is 0 Å². The highest BCUT2D eigenvalue weighted by Crippen LogP contribution is 2.17. The number of hydrogen-bond acceptors (Lipinski definition) is 3. The molecule has 0 saturated heterocycles. The molecule has 0 radical (unpaired) electrons. The van der Waals surface area contributed by atoms with Gasteiger partial charge in [0, 0.05) is 18.8 Å². The number of halogens is 1. The molecule has 4 heteroatoms. The Morgan fingerprint density at radius 1 is 1.50 bits per heavy atom. The van der Waals surface area contributed by atoms with Crippen molar-refractivity contribution in [3.63, 3.8) is 0 Å². The van der Waals surface area contributed by atoms with Crippen molar-refractivity contribution in [2.75, 3.05) is 18.0 Å². The van der Waals surface area contributed by atoms with Crippen LogP contribution in [0.5, 0.6) is 0 Å². The average molecular weight is 249 g/mol. The van der Waals surface area contributed by atoms with E-state index in [0.717, 1.165) is 25.2 Å². The molecule has 1 aromatic carbocycles. The van der Waals surface area contributed by atoms with Crippen molar-refractivity contribution in [2.24, 2.45) is 5.73 Å². The SMILES string of the molecule is CCN(CCCC(C)(N)C#N)c1cccc(F)c1. The summed E-state index contributed by atoms with van der Waals surface area (Å²) >= 11 is 0. The van der Waals surface area contributed by atoms with Gasteiger partial charge in [0.15, 0.2) is 0 Å². The lowest BCUT2D eigenvalue weighted by Crippen LogP contribution is -2.35. The quantitative estimate of drug-likeness (QED) is 0.843. The van der Waals surface area contributed by atoms with Gasteiger partial charge in [0.25, 0.3) is 0 Å². The number of anilines is 1. The van der Waals surface area contributed by atoms with Crippen molar-refractivity contribution < 1.29 is 4.39 Å². The first kappa shape index (κ1) is 14.5. The Kier molecular flexibility index (Phi) is 5.11. The minimum atomic E-state index is -0.776. The number of hydrogen-bond donors (Lipinski definition) is 1. The fourth-order valence-corrected chi connectivity index (χ4v) is 1.84. The molecule has 2 N–H and O–H groups in total. The maximum atomic E-state index is 13.1. The first-order valence-corrected chi connectivity index (χ1v) is 6.19. The fraction of sp³-hybridized carbons (Fsp3) is 0.500. The molecule has 0 aromatic heterocycles. The van der Waals surface area contributed by atoms with Gasteiger partial charge in [-0.25, -0.2) is 4.39 Å². The van der Waals surface area contributed by atoms with Crippen LogP contribution in [0.2, 0.25) is 0 Å². The second-order valence-electron chi connectivity index (χ2n) is 4.69. The summed E-state index contributed by atoms with van der Waals surface area (Å²) in [6.45, 7) is 5.33. The topological polar surface area (TPSA) is 53.0 Å². The predicted molar refractivity (Wildman–Crippen MR) is 71.7 cm³/mol. The van der Waals surface area contributed by atoms with E-state index in [-0.39, 0.29) is 5.82 Å². The fourth-order valence-electron chi connectivity index (χ4n) is 1.84. The number of rotatable bonds is 6. The van der Waals surface area contributed by atoms with Gasteiger partial charge in [-0.1, -0.05) is 6.07 Å². The maximum Gasteiger partial charge on any atom is 0.125 e. The predicted octanol–water partition coefficient (Wildman–Crippen LogP) is 2.67. The van der Waals surface area contributed by atoms with Crippen LogP contribution in [-0.4, -0.2) is 18.6 Å². The molecule has 0 fully saturated rings. The van der Waals surface area contributed by atoms with Crippen LogP contribution in [-0.2, 0) is 0 Å². The van der Waals surface area contributed by atoms with Crippen LogP contribution < -0.4 is 10.6 Å². The standard InChI is InChI=1S/C14H20FN3/c1-3-18(9-5-8-14(2,17)11-16)13-7-4-6-12(15)10-13/h4,6-7,10H,3,5,8-9,17H2,1-2H3. The molecule has 0 spiro atoms. The van der Waals surface area contributed by atoms with E-state index < -0.39 is 5.54 Å². The van der Waals surface area contributed by atoms with E-state index in [4.69, 9.17) is 11.0 Å². The Balaban J connectivity index is 2.56. The van der Waals surface area contributed by atoms with Gasteiger partial charge in [-0.3, -0.25) is 0 Å². The van der Waals surface area contributed by atoms with Crippen molar-refractivity contribution in [3.05, 3.63) is 30.1 Å². The Hall–Kier alpha value is -1.60. The van der Waals surface area contributed by atoms with Gasteiger partial charge in [-0.15, -0.1) is 0 Å². The van der Waals surface area contributed by atoms with Gasteiger partial charge in [0.1, 0.15) is 11.4 Å². The Bertz CT molecular complexity index is 423. The highest BCUT2D eigenvalue weighted by molar-refractivity contribution is 5.46. The zero-order valence-electron chi connectivity index (χ0n) is 11.0. The molecular formula is C14H20FN3. The van der Waals surface area contributed by atoms with Gasteiger partial charge < -0.3 is 10.6 Å². The first-order chi connectivity index (χ1) is 8.48. The summed E-state index contributed by atoms with van der Waals surface area (Å²) in [5.41, 5.74) is 5.86. The van der Waals surface area contributed by atoms with E-state index in [0.29, 0.717) is 6.42 Å². The molecule has 1 unspecified atom stereocenters. The third kappa shape index (κ3) is 4.34. The summed E-state index contributed by atoms with van der Waals surface area (Å²) in [5, 5.41) is 8.83. The molecule has 18 heavy (non-hydrogen) atoms. The smallest absolute Gasteiger partial charge is 0.125 e. The van der Waals surface area contributed by atoms with Gasteiger partial charge in [0.05, 0.1) is 6.07 Å². The zero-order chi connectivity index (χ0) is 13.6. The van der Waals surface area contributed by atoms with Gasteiger partial charge >= 0.3 is 0 Å². The Labute approximate surface area is 108 Å². The maximum absolute atomic E-state index is 13.1. The van der Waals surface area contributed by atoms with Gasteiger partial charge in [-0.05, 0) is 44.9 Å². The number of nitriles is 1. The number of nitrogens with two attached hydrogens (primary N) is 1.